The van der Waals surface area contributed by atoms with Gasteiger partial charge in [-0.1, -0.05) is 31.0 Å². The summed E-state index contributed by atoms with van der Waals surface area (Å²) in [6.45, 7) is 1.83. The SMILES string of the molecule is CSc1nc(C)c(CCC(=O)N(C)C2CCCCC2)c(=O)[nH]1. The molecule has 0 bridgehead atoms. The van der Waals surface area contributed by atoms with Crippen molar-refractivity contribution in [3.05, 3.63) is 21.6 Å². The van der Waals surface area contributed by atoms with E-state index in [2.05, 4.69) is 9.97 Å². The zero-order valence-corrected chi connectivity index (χ0v) is 14.5. The summed E-state index contributed by atoms with van der Waals surface area (Å²) in [6, 6.07) is 0.373. The number of H-pyrrole nitrogens is 1. The van der Waals surface area contributed by atoms with Crippen LogP contribution < -0.4 is 5.56 Å². The molecule has 122 valence electrons. The summed E-state index contributed by atoms with van der Waals surface area (Å²) in [7, 11) is 1.89. The van der Waals surface area contributed by atoms with E-state index in [0.29, 0.717) is 29.6 Å². The fraction of sp³-hybridized carbons (Fsp3) is 0.688. The lowest BCUT2D eigenvalue weighted by Crippen LogP contribution is -2.38. The van der Waals surface area contributed by atoms with E-state index in [-0.39, 0.29) is 11.5 Å². The summed E-state index contributed by atoms with van der Waals surface area (Å²) < 4.78 is 0. The molecule has 1 N–H and O–H groups in total. The van der Waals surface area contributed by atoms with Crippen LogP contribution in [0.5, 0.6) is 0 Å². The molecular weight excluding hydrogens is 298 g/mol. The third-order valence-electron chi connectivity index (χ3n) is 4.50. The summed E-state index contributed by atoms with van der Waals surface area (Å²) in [6.07, 6.45) is 8.61. The van der Waals surface area contributed by atoms with Crippen LogP contribution in [0.25, 0.3) is 0 Å². The Kier molecular flexibility index (Phi) is 6.06. The van der Waals surface area contributed by atoms with Crippen LogP contribution >= 0.6 is 11.8 Å². The van der Waals surface area contributed by atoms with E-state index in [1.54, 1.807) is 0 Å². The van der Waals surface area contributed by atoms with Crippen LogP contribution in [0, 0.1) is 6.92 Å². The van der Waals surface area contributed by atoms with Crippen molar-refractivity contribution in [2.75, 3.05) is 13.3 Å². The molecule has 1 amide bonds. The minimum atomic E-state index is -0.120. The zero-order chi connectivity index (χ0) is 16.1. The lowest BCUT2D eigenvalue weighted by Gasteiger charge is -2.31. The Bertz CT molecular complexity index is 579. The molecule has 1 aromatic rings. The summed E-state index contributed by atoms with van der Waals surface area (Å²) in [5, 5.41) is 0.622. The standard InChI is InChI=1S/C16H25N3O2S/c1-11-13(15(21)18-16(17-11)22-3)9-10-14(20)19(2)12-7-5-4-6-8-12/h12H,4-10H2,1-3H3,(H,17,18,21). The third-order valence-corrected chi connectivity index (χ3v) is 5.08. The second kappa shape index (κ2) is 7.81. The average molecular weight is 323 g/mol. The Morgan fingerprint density at radius 2 is 2.05 bits per heavy atom. The maximum Gasteiger partial charge on any atom is 0.254 e. The normalized spacial score (nSPS) is 15.8. The van der Waals surface area contributed by atoms with Gasteiger partial charge < -0.3 is 9.88 Å². The first-order valence-electron chi connectivity index (χ1n) is 7.92. The van der Waals surface area contributed by atoms with E-state index in [4.69, 9.17) is 0 Å². The highest BCUT2D eigenvalue weighted by atomic mass is 32.2. The second-order valence-electron chi connectivity index (χ2n) is 5.94. The molecule has 0 radical (unpaired) electrons. The van der Waals surface area contributed by atoms with E-state index in [1.807, 2.05) is 25.1 Å². The van der Waals surface area contributed by atoms with Crippen LogP contribution in [0.3, 0.4) is 0 Å². The number of carbonyl (C=O) groups is 1. The highest BCUT2D eigenvalue weighted by Crippen LogP contribution is 2.22. The van der Waals surface area contributed by atoms with Gasteiger partial charge in [0.05, 0.1) is 0 Å². The van der Waals surface area contributed by atoms with E-state index in [9.17, 15) is 9.59 Å². The van der Waals surface area contributed by atoms with E-state index >= 15 is 0 Å². The van der Waals surface area contributed by atoms with Crippen LogP contribution in [0.1, 0.15) is 49.8 Å². The van der Waals surface area contributed by atoms with Crippen molar-refractivity contribution < 1.29 is 4.79 Å². The van der Waals surface area contributed by atoms with E-state index in [1.165, 1.54) is 31.0 Å². The van der Waals surface area contributed by atoms with Gasteiger partial charge in [0.2, 0.25) is 5.91 Å². The lowest BCUT2D eigenvalue weighted by atomic mass is 9.94. The summed E-state index contributed by atoms with van der Waals surface area (Å²) in [5.74, 6) is 0.125. The molecule has 5 nitrogen and oxygen atoms in total. The van der Waals surface area contributed by atoms with Crippen LogP contribution in [0.2, 0.25) is 0 Å². The number of amides is 1. The van der Waals surface area contributed by atoms with Gasteiger partial charge in [-0.2, -0.15) is 0 Å². The second-order valence-corrected chi connectivity index (χ2v) is 6.73. The summed E-state index contributed by atoms with van der Waals surface area (Å²) in [5.41, 5.74) is 1.23. The molecule has 22 heavy (non-hydrogen) atoms. The molecule has 2 rings (SSSR count). The first kappa shape index (κ1) is 17.1. The number of rotatable bonds is 5. The van der Waals surface area contributed by atoms with Crippen molar-refractivity contribution in [2.45, 2.75) is 63.1 Å². The highest BCUT2D eigenvalue weighted by Gasteiger charge is 2.22. The van der Waals surface area contributed by atoms with Gasteiger partial charge in [-0.25, -0.2) is 4.98 Å². The quantitative estimate of drug-likeness (QED) is 0.668. The molecular formula is C16H25N3O2S. The number of aromatic amines is 1. The van der Waals surface area contributed by atoms with Crippen molar-refractivity contribution in [3.8, 4) is 0 Å². The Balaban J connectivity index is 1.97. The summed E-state index contributed by atoms with van der Waals surface area (Å²) >= 11 is 1.41. The molecule has 0 atom stereocenters. The van der Waals surface area contributed by atoms with Crippen molar-refractivity contribution >= 4 is 17.7 Å². The number of thioether (sulfide) groups is 1. The Morgan fingerprint density at radius 3 is 2.64 bits per heavy atom. The van der Waals surface area contributed by atoms with Crippen molar-refractivity contribution in [1.29, 1.82) is 0 Å². The van der Waals surface area contributed by atoms with Crippen molar-refractivity contribution in [2.24, 2.45) is 0 Å². The Labute approximate surface area is 135 Å². The van der Waals surface area contributed by atoms with Crippen molar-refractivity contribution in [1.82, 2.24) is 14.9 Å². The number of aryl methyl sites for hydroxylation is 1. The molecule has 6 heteroatoms. The van der Waals surface area contributed by atoms with Gasteiger partial charge in [-0.15, -0.1) is 0 Å². The number of hydrogen-bond donors (Lipinski definition) is 1. The van der Waals surface area contributed by atoms with Gasteiger partial charge in [0.25, 0.3) is 5.56 Å². The average Bonchev–Trinajstić information content (AvgIpc) is 2.53. The molecule has 1 fully saturated rings. The number of hydrogen-bond acceptors (Lipinski definition) is 4. The van der Waals surface area contributed by atoms with Crippen LogP contribution in [0.15, 0.2) is 9.95 Å². The van der Waals surface area contributed by atoms with Crippen LogP contribution in [-0.2, 0) is 11.2 Å². The monoisotopic (exact) mass is 323 g/mol. The largest absolute Gasteiger partial charge is 0.343 e. The molecule has 1 aromatic heterocycles. The van der Waals surface area contributed by atoms with Gasteiger partial charge in [0.1, 0.15) is 0 Å². The predicted octanol–water partition coefficient (Wildman–Crippen LogP) is 2.52. The minimum absolute atomic E-state index is 0.120. The van der Waals surface area contributed by atoms with E-state index in [0.717, 1.165) is 18.5 Å². The number of nitrogens with zero attached hydrogens (tertiary/aromatic N) is 2. The highest BCUT2D eigenvalue weighted by molar-refractivity contribution is 7.98. The molecule has 1 saturated carbocycles. The van der Waals surface area contributed by atoms with Crippen LogP contribution in [0.4, 0.5) is 0 Å². The van der Waals surface area contributed by atoms with Gasteiger partial charge in [-0.3, -0.25) is 9.59 Å². The molecule has 0 aliphatic heterocycles. The van der Waals surface area contributed by atoms with Gasteiger partial charge in [-0.05, 0) is 32.4 Å². The summed E-state index contributed by atoms with van der Waals surface area (Å²) in [4.78, 5) is 33.4. The molecule has 0 spiro atoms. The fourth-order valence-electron chi connectivity index (χ4n) is 3.06. The van der Waals surface area contributed by atoms with Gasteiger partial charge >= 0.3 is 0 Å². The van der Waals surface area contributed by atoms with E-state index < -0.39 is 0 Å². The third kappa shape index (κ3) is 4.12. The number of aromatic nitrogens is 2. The molecule has 1 heterocycles. The van der Waals surface area contributed by atoms with Crippen molar-refractivity contribution in [3.63, 3.8) is 0 Å². The maximum atomic E-state index is 12.4. The number of nitrogens with one attached hydrogen (secondary N) is 1. The Hall–Kier alpha value is -1.30. The molecule has 0 unspecified atom stereocenters. The predicted molar refractivity (Wildman–Crippen MR) is 89.3 cm³/mol. The smallest absolute Gasteiger partial charge is 0.254 e. The fourth-order valence-corrected chi connectivity index (χ4v) is 3.48. The first-order valence-corrected chi connectivity index (χ1v) is 9.15. The minimum Gasteiger partial charge on any atom is -0.343 e. The maximum absolute atomic E-state index is 12.4. The van der Waals surface area contributed by atoms with Crippen LogP contribution in [-0.4, -0.2) is 40.1 Å². The molecule has 1 aliphatic carbocycles. The van der Waals surface area contributed by atoms with Gasteiger partial charge in [0, 0.05) is 30.8 Å². The van der Waals surface area contributed by atoms with Gasteiger partial charge in [0.15, 0.2) is 5.16 Å². The molecule has 0 aromatic carbocycles. The number of carbonyl (C=O) groups excluding carboxylic acids is 1. The topological polar surface area (TPSA) is 66.1 Å². The first-order chi connectivity index (χ1) is 10.5. The Morgan fingerprint density at radius 1 is 1.36 bits per heavy atom. The molecule has 0 saturated heterocycles. The zero-order valence-electron chi connectivity index (χ0n) is 13.6. The lowest BCUT2D eigenvalue weighted by molar-refractivity contribution is -0.132. The molecule has 1 aliphatic rings.